The molecule has 2 N–H and O–H groups in total. The van der Waals surface area contributed by atoms with Crippen LogP contribution in [-0.4, -0.2) is 36.2 Å². The third-order valence-corrected chi connectivity index (χ3v) is 3.72. The number of hydrogen-bond acceptors (Lipinski definition) is 4. The number of hydrogen-bond donors (Lipinski definition) is 2. The van der Waals surface area contributed by atoms with Crippen molar-refractivity contribution in [1.82, 2.24) is 5.32 Å². The molecule has 1 aromatic rings. The Hall–Kier alpha value is -1.95. The summed E-state index contributed by atoms with van der Waals surface area (Å²) < 4.78 is 18.1. The van der Waals surface area contributed by atoms with Crippen LogP contribution < -0.4 is 5.32 Å². The minimum atomic E-state index is -0.971. The van der Waals surface area contributed by atoms with Crippen molar-refractivity contribution in [2.24, 2.45) is 5.92 Å². The molecule has 114 valence electrons. The van der Waals surface area contributed by atoms with E-state index in [9.17, 15) is 14.0 Å². The zero-order valence-corrected chi connectivity index (χ0v) is 11.7. The monoisotopic (exact) mass is 295 g/mol. The van der Waals surface area contributed by atoms with Gasteiger partial charge in [0.05, 0.1) is 18.9 Å². The summed E-state index contributed by atoms with van der Waals surface area (Å²) >= 11 is 0. The van der Waals surface area contributed by atoms with E-state index in [0.29, 0.717) is 6.54 Å². The van der Waals surface area contributed by atoms with Gasteiger partial charge in [0.15, 0.2) is 0 Å². The Morgan fingerprint density at radius 2 is 2.05 bits per heavy atom. The van der Waals surface area contributed by atoms with Crippen LogP contribution in [0.5, 0.6) is 0 Å². The second-order valence-electron chi connectivity index (χ2n) is 5.05. The van der Waals surface area contributed by atoms with Crippen molar-refractivity contribution in [1.29, 1.82) is 0 Å². The van der Waals surface area contributed by atoms with E-state index < -0.39 is 23.9 Å². The van der Waals surface area contributed by atoms with Crippen LogP contribution in [0.25, 0.3) is 0 Å². The molecular formula is C15H18FNO4. The van der Waals surface area contributed by atoms with E-state index in [-0.39, 0.29) is 24.8 Å². The van der Waals surface area contributed by atoms with E-state index in [1.54, 1.807) is 19.1 Å². The maximum atomic E-state index is 13.0. The van der Waals surface area contributed by atoms with Crippen molar-refractivity contribution in [3.8, 4) is 0 Å². The zero-order valence-electron chi connectivity index (χ0n) is 11.7. The smallest absolute Gasteiger partial charge is 0.311 e. The Kier molecular flexibility index (Phi) is 4.90. The molecule has 1 aliphatic rings. The summed E-state index contributed by atoms with van der Waals surface area (Å²) in [5.41, 5.74) is 0.801. The first-order chi connectivity index (χ1) is 10.0. The van der Waals surface area contributed by atoms with Gasteiger partial charge in [-0.05, 0) is 24.6 Å². The van der Waals surface area contributed by atoms with Gasteiger partial charge >= 0.3 is 11.9 Å². The fourth-order valence-corrected chi connectivity index (χ4v) is 2.80. The molecule has 1 saturated heterocycles. The maximum absolute atomic E-state index is 13.0. The number of nitrogens with one attached hydrogen (secondary N) is 1. The molecule has 1 aliphatic heterocycles. The summed E-state index contributed by atoms with van der Waals surface area (Å²) in [6.45, 7) is 2.41. The van der Waals surface area contributed by atoms with Gasteiger partial charge in [0.25, 0.3) is 0 Å². The zero-order chi connectivity index (χ0) is 15.4. The highest BCUT2D eigenvalue weighted by Crippen LogP contribution is 2.34. The number of carboxylic acid groups (broad SMARTS) is 1. The van der Waals surface area contributed by atoms with Crippen LogP contribution in [0.4, 0.5) is 4.39 Å². The Balaban J connectivity index is 2.24. The second-order valence-corrected chi connectivity index (χ2v) is 5.05. The van der Waals surface area contributed by atoms with Crippen molar-refractivity contribution in [3.63, 3.8) is 0 Å². The molecule has 0 aliphatic carbocycles. The Labute approximate surface area is 122 Å². The number of carboxylic acids is 1. The van der Waals surface area contributed by atoms with Crippen molar-refractivity contribution >= 4 is 11.9 Å². The summed E-state index contributed by atoms with van der Waals surface area (Å²) in [4.78, 5) is 23.1. The molecule has 21 heavy (non-hydrogen) atoms. The van der Waals surface area contributed by atoms with Gasteiger partial charge in [0.2, 0.25) is 0 Å². The number of esters is 1. The molecule has 1 aromatic carbocycles. The molecule has 6 heteroatoms. The molecule has 0 radical (unpaired) electrons. The van der Waals surface area contributed by atoms with Crippen LogP contribution >= 0.6 is 0 Å². The van der Waals surface area contributed by atoms with Crippen LogP contribution in [-0.2, 0) is 14.3 Å². The average molecular weight is 295 g/mol. The third-order valence-electron chi connectivity index (χ3n) is 3.72. The van der Waals surface area contributed by atoms with Crippen molar-refractivity contribution < 1.29 is 23.8 Å². The lowest BCUT2D eigenvalue weighted by molar-refractivity contribution is -0.149. The first kappa shape index (κ1) is 15.4. The van der Waals surface area contributed by atoms with Gasteiger partial charge < -0.3 is 15.2 Å². The van der Waals surface area contributed by atoms with Crippen molar-refractivity contribution in [3.05, 3.63) is 35.6 Å². The number of carbonyl (C=O) groups excluding carboxylic acids is 1. The molecule has 0 bridgehead atoms. The van der Waals surface area contributed by atoms with E-state index >= 15 is 0 Å². The van der Waals surface area contributed by atoms with Crippen LogP contribution in [0.15, 0.2) is 24.3 Å². The molecule has 3 atom stereocenters. The molecule has 5 nitrogen and oxygen atoms in total. The number of benzene rings is 1. The van der Waals surface area contributed by atoms with Crippen LogP contribution in [0.2, 0.25) is 0 Å². The van der Waals surface area contributed by atoms with E-state index in [4.69, 9.17) is 9.84 Å². The van der Waals surface area contributed by atoms with E-state index in [0.717, 1.165) is 5.56 Å². The summed E-state index contributed by atoms with van der Waals surface area (Å²) in [6, 6.07) is 5.44. The molecular weight excluding hydrogens is 277 g/mol. The van der Waals surface area contributed by atoms with Crippen LogP contribution in [0.1, 0.15) is 24.8 Å². The van der Waals surface area contributed by atoms with Gasteiger partial charge in [-0.1, -0.05) is 12.1 Å². The predicted molar refractivity (Wildman–Crippen MR) is 73.3 cm³/mol. The number of carbonyl (C=O) groups is 2. The van der Waals surface area contributed by atoms with Crippen molar-refractivity contribution in [2.45, 2.75) is 25.3 Å². The van der Waals surface area contributed by atoms with Gasteiger partial charge in [-0.15, -0.1) is 0 Å². The highest BCUT2D eigenvalue weighted by atomic mass is 19.1. The van der Waals surface area contributed by atoms with Gasteiger partial charge in [-0.2, -0.15) is 0 Å². The van der Waals surface area contributed by atoms with E-state index in [1.165, 1.54) is 12.1 Å². The molecule has 1 heterocycles. The number of halogens is 1. The normalized spacial score (nSPS) is 24.8. The Morgan fingerprint density at radius 3 is 2.62 bits per heavy atom. The standard InChI is InChI=1S/C15H18FNO4/c1-2-21-15(20)14-11(8-17-12(14)7-13(18)19)9-3-5-10(16)6-4-9/h3-6,11-12,14,17H,2,7-8H2,1H3,(H,18,19)/t11-,12+,14-/m0/s1. The molecule has 0 spiro atoms. The van der Waals surface area contributed by atoms with Crippen LogP contribution in [0.3, 0.4) is 0 Å². The first-order valence-corrected chi connectivity index (χ1v) is 6.90. The highest BCUT2D eigenvalue weighted by Gasteiger charge is 2.43. The summed E-state index contributed by atoms with van der Waals surface area (Å²) in [7, 11) is 0. The first-order valence-electron chi connectivity index (χ1n) is 6.90. The lowest BCUT2D eigenvalue weighted by Gasteiger charge is -2.21. The lowest BCUT2D eigenvalue weighted by atomic mass is 9.84. The number of aliphatic carboxylic acids is 1. The lowest BCUT2D eigenvalue weighted by Crippen LogP contribution is -2.35. The summed E-state index contributed by atoms with van der Waals surface area (Å²) in [5, 5.41) is 12.0. The molecule has 0 saturated carbocycles. The average Bonchev–Trinajstić information content (AvgIpc) is 2.82. The van der Waals surface area contributed by atoms with Gasteiger partial charge in [-0.25, -0.2) is 4.39 Å². The minimum absolute atomic E-state index is 0.152. The fourth-order valence-electron chi connectivity index (χ4n) is 2.80. The minimum Gasteiger partial charge on any atom is -0.481 e. The maximum Gasteiger partial charge on any atom is 0.311 e. The quantitative estimate of drug-likeness (QED) is 0.806. The summed E-state index contributed by atoms with van der Waals surface area (Å²) in [6.07, 6.45) is -0.152. The molecule has 0 amide bonds. The molecule has 0 unspecified atom stereocenters. The van der Waals surface area contributed by atoms with Gasteiger partial charge in [0, 0.05) is 18.5 Å². The number of rotatable bonds is 5. The Bertz CT molecular complexity index is 517. The van der Waals surface area contributed by atoms with Crippen LogP contribution in [0, 0.1) is 11.7 Å². The van der Waals surface area contributed by atoms with Gasteiger partial charge in [-0.3, -0.25) is 9.59 Å². The third kappa shape index (κ3) is 3.58. The topological polar surface area (TPSA) is 75.6 Å². The molecule has 2 rings (SSSR count). The predicted octanol–water partition coefficient (Wildman–Crippen LogP) is 1.54. The Morgan fingerprint density at radius 1 is 1.38 bits per heavy atom. The SMILES string of the molecule is CCOC(=O)[C@@H]1[C@@H](CC(=O)O)NC[C@H]1c1ccc(F)cc1. The number of ether oxygens (including phenoxy) is 1. The van der Waals surface area contributed by atoms with Crippen molar-refractivity contribution in [2.75, 3.05) is 13.2 Å². The largest absolute Gasteiger partial charge is 0.481 e. The van der Waals surface area contributed by atoms with E-state index in [1.807, 2.05) is 0 Å². The summed E-state index contributed by atoms with van der Waals surface area (Å²) in [5.74, 6) is -2.52. The second kappa shape index (κ2) is 6.67. The van der Waals surface area contributed by atoms with Gasteiger partial charge in [0.1, 0.15) is 5.82 Å². The molecule has 0 aromatic heterocycles. The molecule has 1 fully saturated rings. The highest BCUT2D eigenvalue weighted by molar-refractivity contribution is 5.77. The fraction of sp³-hybridized carbons (Fsp3) is 0.467. The van der Waals surface area contributed by atoms with E-state index in [2.05, 4.69) is 5.32 Å².